The highest BCUT2D eigenvalue weighted by Crippen LogP contribution is 2.35. The van der Waals surface area contributed by atoms with E-state index in [-0.39, 0.29) is 11.1 Å². The fourth-order valence-electron chi connectivity index (χ4n) is 4.13. The number of benzene rings is 1. The van der Waals surface area contributed by atoms with E-state index < -0.39 is 43.1 Å². The Balaban J connectivity index is 1.70. The Labute approximate surface area is 179 Å². The number of ether oxygens (including phenoxy) is 1. The summed E-state index contributed by atoms with van der Waals surface area (Å²) in [6.07, 6.45) is -6.43. The molecule has 1 heterocycles. The summed E-state index contributed by atoms with van der Waals surface area (Å²) in [6, 6.07) is 18.8. The maximum atomic E-state index is 11.8. The summed E-state index contributed by atoms with van der Waals surface area (Å²) in [4.78, 5) is 11.8. The Bertz CT molecular complexity index is 1020. The highest BCUT2D eigenvalue weighted by atomic mass is 16.5. The van der Waals surface area contributed by atoms with Crippen LogP contribution in [0, 0.1) is 0 Å². The fourth-order valence-corrected chi connectivity index (χ4v) is 4.13. The maximum Gasteiger partial charge on any atom is 0.336 e. The second-order valence-corrected chi connectivity index (χ2v) is 7.84. The van der Waals surface area contributed by atoms with Crippen LogP contribution in [0.15, 0.2) is 60.7 Å². The van der Waals surface area contributed by atoms with Crippen molar-refractivity contribution in [3.8, 4) is 11.1 Å². The minimum Gasteiger partial charge on any atom is -0.478 e. The topological polar surface area (TPSA) is 127 Å². The van der Waals surface area contributed by atoms with Crippen LogP contribution in [-0.4, -0.2) is 62.5 Å². The molecule has 0 radical (unpaired) electrons. The molecule has 0 aromatic heterocycles. The number of aliphatic hydroxyl groups is 4. The molecule has 2 aliphatic carbocycles. The maximum absolute atomic E-state index is 11.8. The standard InChI is InChI=1S/C24H24O7/c25-12-19-20(26)21(27)22(28)23(31-19)18-11-13(6-7-17(18)24(29)30)8-14-9-15-4-2-1-3-5-16(15)10-14/h1-7,9-11,19-23,25-28H,8,12H2,(H,29,30)/t19-,20-,21+,22-,23+/m1/s1. The summed E-state index contributed by atoms with van der Waals surface area (Å²) < 4.78 is 5.60. The first-order valence-corrected chi connectivity index (χ1v) is 10.0. The molecule has 0 unspecified atom stereocenters. The van der Waals surface area contributed by atoms with E-state index in [2.05, 4.69) is 12.1 Å². The highest BCUT2D eigenvalue weighted by Gasteiger charge is 2.45. The van der Waals surface area contributed by atoms with Gasteiger partial charge in [0.15, 0.2) is 0 Å². The summed E-state index contributed by atoms with van der Waals surface area (Å²) in [6.45, 7) is -0.582. The number of carboxylic acid groups (broad SMARTS) is 1. The van der Waals surface area contributed by atoms with Crippen LogP contribution in [0.25, 0.3) is 11.1 Å². The van der Waals surface area contributed by atoms with E-state index in [9.17, 15) is 30.3 Å². The van der Waals surface area contributed by atoms with Gasteiger partial charge in [-0.1, -0.05) is 54.6 Å². The first-order chi connectivity index (χ1) is 14.9. The van der Waals surface area contributed by atoms with Gasteiger partial charge in [-0.2, -0.15) is 0 Å². The Morgan fingerprint density at radius 2 is 1.52 bits per heavy atom. The second-order valence-electron chi connectivity index (χ2n) is 7.84. The molecule has 5 N–H and O–H groups in total. The van der Waals surface area contributed by atoms with Gasteiger partial charge in [-0.25, -0.2) is 4.79 Å². The minimum atomic E-state index is -1.58. The molecule has 0 amide bonds. The van der Waals surface area contributed by atoms with E-state index in [0.717, 1.165) is 22.3 Å². The second kappa shape index (κ2) is 8.74. The van der Waals surface area contributed by atoms with Crippen molar-refractivity contribution in [3.63, 3.8) is 0 Å². The fraction of sp³-hybridized carbons (Fsp3) is 0.292. The van der Waals surface area contributed by atoms with E-state index in [1.54, 1.807) is 12.1 Å². The number of rotatable bonds is 5. The van der Waals surface area contributed by atoms with Crippen molar-refractivity contribution >= 4 is 5.97 Å². The number of aliphatic hydroxyl groups excluding tert-OH is 4. The number of hydrogen-bond donors (Lipinski definition) is 5. The van der Waals surface area contributed by atoms with Gasteiger partial charge in [0.2, 0.25) is 0 Å². The Morgan fingerprint density at radius 1 is 0.839 bits per heavy atom. The monoisotopic (exact) mass is 424 g/mol. The molecule has 1 aromatic carbocycles. The summed E-state index contributed by atoms with van der Waals surface area (Å²) >= 11 is 0. The van der Waals surface area contributed by atoms with Crippen molar-refractivity contribution in [3.05, 3.63) is 82.9 Å². The van der Waals surface area contributed by atoms with Gasteiger partial charge in [0.1, 0.15) is 30.5 Å². The summed E-state index contributed by atoms with van der Waals surface area (Å²) in [5.74, 6) is -1.20. The van der Waals surface area contributed by atoms with Crippen LogP contribution in [0.4, 0.5) is 0 Å². The molecule has 0 spiro atoms. The zero-order chi connectivity index (χ0) is 22.1. The van der Waals surface area contributed by atoms with E-state index in [0.29, 0.717) is 6.42 Å². The zero-order valence-electron chi connectivity index (χ0n) is 16.6. The van der Waals surface area contributed by atoms with Crippen molar-refractivity contribution in [1.29, 1.82) is 0 Å². The van der Waals surface area contributed by atoms with E-state index in [1.165, 1.54) is 6.07 Å². The van der Waals surface area contributed by atoms with Gasteiger partial charge in [0, 0.05) is 0 Å². The van der Waals surface area contributed by atoms with Gasteiger partial charge in [0.25, 0.3) is 0 Å². The molecule has 1 saturated heterocycles. The first kappa shape index (κ1) is 21.4. The molecule has 7 nitrogen and oxygen atoms in total. The van der Waals surface area contributed by atoms with Crippen molar-refractivity contribution in [1.82, 2.24) is 0 Å². The summed E-state index contributed by atoms with van der Waals surface area (Å²) in [5, 5.41) is 49.7. The van der Waals surface area contributed by atoms with Crippen LogP contribution >= 0.6 is 0 Å². The molecule has 4 rings (SSSR count). The van der Waals surface area contributed by atoms with Crippen LogP contribution in [0.3, 0.4) is 0 Å². The van der Waals surface area contributed by atoms with Crippen LogP contribution in [0.2, 0.25) is 0 Å². The van der Waals surface area contributed by atoms with Gasteiger partial charge in [-0.15, -0.1) is 0 Å². The molecule has 162 valence electrons. The number of aromatic carboxylic acids is 1. The predicted molar refractivity (Wildman–Crippen MR) is 112 cm³/mol. The van der Waals surface area contributed by atoms with E-state index >= 15 is 0 Å². The quantitative estimate of drug-likeness (QED) is 0.421. The SMILES string of the molecule is O=C(O)c1ccc(Cc2cc3cccccc-3c2)cc1[C@@H]1O[C@H](CO)[C@@H](O)[C@H](O)[C@H]1O. The molecule has 7 heteroatoms. The lowest BCUT2D eigenvalue weighted by Gasteiger charge is -2.40. The molecule has 1 fully saturated rings. The van der Waals surface area contributed by atoms with Gasteiger partial charge < -0.3 is 30.3 Å². The van der Waals surface area contributed by atoms with Crippen LogP contribution in [0.1, 0.15) is 33.2 Å². The third-order valence-electron chi connectivity index (χ3n) is 5.74. The highest BCUT2D eigenvalue weighted by molar-refractivity contribution is 5.89. The third kappa shape index (κ3) is 4.19. The molecule has 0 saturated carbocycles. The molecular formula is C24H24O7. The van der Waals surface area contributed by atoms with Crippen molar-refractivity contribution in [2.75, 3.05) is 6.61 Å². The molecule has 1 aromatic rings. The van der Waals surface area contributed by atoms with Gasteiger partial charge >= 0.3 is 5.97 Å². The average molecular weight is 424 g/mol. The number of hydrogen-bond acceptors (Lipinski definition) is 6. The average Bonchev–Trinajstić information content (AvgIpc) is 3.00. The number of carbonyl (C=O) groups is 1. The molecular weight excluding hydrogens is 400 g/mol. The third-order valence-corrected chi connectivity index (χ3v) is 5.74. The van der Waals surface area contributed by atoms with Crippen molar-refractivity contribution in [2.24, 2.45) is 0 Å². The van der Waals surface area contributed by atoms with Crippen LogP contribution < -0.4 is 0 Å². The van der Waals surface area contributed by atoms with Gasteiger partial charge in [-0.3, -0.25) is 0 Å². The van der Waals surface area contributed by atoms with Crippen molar-refractivity contribution < 1.29 is 35.1 Å². The van der Waals surface area contributed by atoms with E-state index in [1.807, 2.05) is 30.3 Å². The molecule has 5 atom stereocenters. The minimum absolute atomic E-state index is 0.0761. The largest absolute Gasteiger partial charge is 0.478 e. The normalized spacial score (nSPS) is 26.1. The smallest absolute Gasteiger partial charge is 0.336 e. The molecule has 1 aliphatic heterocycles. The Kier molecular flexibility index (Phi) is 6.04. The summed E-state index contributed by atoms with van der Waals surface area (Å²) in [5.41, 5.74) is 4.14. The Hall–Kier alpha value is -2.81. The van der Waals surface area contributed by atoms with Gasteiger partial charge in [0.05, 0.1) is 12.2 Å². The van der Waals surface area contributed by atoms with Gasteiger partial charge in [-0.05, 0) is 40.3 Å². The predicted octanol–water partition coefficient (Wildman–Crippen LogP) is 1.60. The van der Waals surface area contributed by atoms with E-state index in [4.69, 9.17) is 4.74 Å². The lowest BCUT2D eigenvalue weighted by atomic mass is 9.88. The lowest BCUT2D eigenvalue weighted by molar-refractivity contribution is -0.231. The first-order valence-electron chi connectivity index (χ1n) is 10.0. The molecule has 0 bridgehead atoms. The number of carboxylic acids is 1. The molecule has 3 aliphatic rings. The summed E-state index contributed by atoms with van der Waals surface area (Å²) in [7, 11) is 0. The Morgan fingerprint density at radius 3 is 2.13 bits per heavy atom. The van der Waals surface area contributed by atoms with Crippen LogP contribution in [-0.2, 0) is 11.2 Å². The lowest BCUT2D eigenvalue weighted by Crippen LogP contribution is -2.55. The van der Waals surface area contributed by atoms with Crippen molar-refractivity contribution in [2.45, 2.75) is 36.9 Å². The number of fused-ring (bicyclic) bond motifs is 1. The molecule has 31 heavy (non-hydrogen) atoms. The van der Waals surface area contributed by atoms with Crippen LogP contribution in [0.5, 0.6) is 0 Å². The zero-order valence-corrected chi connectivity index (χ0v) is 16.6.